The summed E-state index contributed by atoms with van der Waals surface area (Å²) < 4.78 is 10.6. The molecule has 20 heavy (non-hydrogen) atoms. The molecule has 110 valence electrons. The second-order valence-electron chi connectivity index (χ2n) is 4.77. The van der Waals surface area contributed by atoms with Crippen LogP contribution in [0.25, 0.3) is 0 Å². The van der Waals surface area contributed by atoms with Gasteiger partial charge >= 0.3 is 6.03 Å². The fourth-order valence-electron chi connectivity index (χ4n) is 2.45. The summed E-state index contributed by atoms with van der Waals surface area (Å²) in [7, 11) is 4.56. The second-order valence-corrected chi connectivity index (χ2v) is 4.77. The van der Waals surface area contributed by atoms with Crippen LogP contribution in [0.15, 0.2) is 12.1 Å². The maximum Gasteiger partial charge on any atom is 0.343 e. The van der Waals surface area contributed by atoms with E-state index in [2.05, 4.69) is 0 Å². The predicted octanol–water partition coefficient (Wildman–Crippen LogP) is 1.55. The topological polar surface area (TPSA) is 62.2 Å². The molecule has 0 fully saturated rings. The molecule has 0 unspecified atom stereocenters. The number of carbonyl (C=O) groups is 1. The molecule has 0 atom stereocenters. The van der Waals surface area contributed by atoms with Crippen molar-refractivity contribution in [1.82, 2.24) is 9.96 Å². The van der Waals surface area contributed by atoms with E-state index in [1.807, 2.05) is 12.1 Å². The molecule has 6 nitrogen and oxygen atoms in total. The molecular formula is C14H20N2O4. The largest absolute Gasteiger partial charge is 0.493 e. The number of nitrogens with zero attached hydrogens (tertiary/aromatic N) is 2. The lowest BCUT2D eigenvalue weighted by molar-refractivity contribution is -0.0331. The van der Waals surface area contributed by atoms with E-state index in [4.69, 9.17) is 9.47 Å². The van der Waals surface area contributed by atoms with E-state index in [0.29, 0.717) is 29.7 Å². The first-order chi connectivity index (χ1) is 9.56. The third-order valence-electron chi connectivity index (χ3n) is 3.56. The summed E-state index contributed by atoms with van der Waals surface area (Å²) in [5, 5.41) is 9.87. The molecule has 0 saturated heterocycles. The standard InChI is InChI=1S/C14H20N2O4/c1-15(18)14(17)16-6-4-10-8-12(19-2)13(20-3)9-11(10)5-7-16/h8-9,18H,4-7H2,1-3H3. The van der Waals surface area contributed by atoms with Crippen LogP contribution in [0, 0.1) is 0 Å². The summed E-state index contributed by atoms with van der Waals surface area (Å²) in [5.41, 5.74) is 2.30. The number of hydrogen-bond acceptors (Lipinski definition) is 4. The van der Waals surface area contributed by atoms with E-state index < -0.39 is 0 Å². The summed E-state index contributed by atoms with van der Waals surface area (Å²) in [6.07, 6.45) is 1.46. The van der Waals surface area contributed by atoms with Gasteiger partial charge < -0.3 is 14.4 Å². The van der Waals surface area contributed by atoms with Crippen LogP contribution in [0.4, 0.5) is 4.79 Å². The van der Waals surface area contributed by atoms with Crippen LogP contribution in [-0.4, -0.2) is 55.6 Å². The molecule has 2 amide bonds. The number of benzene rings is 1. The normalized spacial score (nSPS) is 14.3. The average molecular weight is 280 g/mol. The fourth-order valence-corrected chi connectivity index (χ4v) is 2.45. The predicted molar refractivity (Wildman–Crippen MR) is 73.5 cm³/mol. The summed E-state index contributed by atoms with van der Waals surface area (Å²) >= 11 is 0. The number of ether oxygens (including phenoxy) is 2. The van der Waals surface area contributed by atoms with E-state index in [-0.39, 0.29) is 6.03 Å². The Morgan fingerprint density at radius 2 is 1.60 bits per heavy atom. The molecule has 0 aliphatic carbocycles. The molecule has 0 spiro atoms. The zero-order valence-electron chi connectivity index (χ0n) is 12.0. The van der Waals surface area contributed by atoms with Gasteiger partial charge in [0.25, 0.3) is 0 Å². The maximum atomic E-state index is 11.8. The Hall–Kier alpha value is -1.95. The first kappa shape index (κ1) is 14.5. The minimum absolute atomic E-state index is 0.378. The van der Waals surface area contributed by atoms with Crippen molar-refractivity contribution in [3.05, 3.63) is 23.3 Å². The molecule has 1 aromatic rings. The van der Waals surface area contributed by atoms with Crippen LogP contribution < -0.4 is 9.47 Å². The van der Waals surface area contributed by atoms with Gasteiger partial charge in [-0.15, -0.1) is 0 Å². The third kappa shape index (κ3) is 2.80. The van der Waals surface area contributed by atoms with E-state index >= 15 is 0 Å². The molecule has 1 aliphatic rings. The third-order valence-corrected chi connectivity index (χ3v) is 3.56. The Balaban J connectivity index is 2.23. The number of methoxy groups -OCH3 is 2. The van der Waals surface area contributed by atoms with Crippen molar-refractivity contribution in [2.24, 2.45) is 0 Å². The van der Waals surface area contributed by atoms with Crippen LogP contribution >= 0.6 is 0 Å². The van der Waals surface area contributed by atoms with E-state index in [1.165, 1.54) is 7.05 Å². The van der Waals surface area contributed by atoms with Crippen molar-refractivity contribution >= 4 is 6.03 Å². The van der Waals surface area contributed by atoms with Gasteiger partial charge in [-0.2, -0.15) is 0 Å². The number of hydrogen-bond donors (Lipinski definition) is 1. The first-order valence-corrected chi connectivity index (χ1v) is 6.52. The number of fused-ring (bicyclic) bond motifs is 1. The lowest BCUT2D eigenvalue weighted by Gasteiger charge is -2.22. The van der Waals surface area contributed by atoms with Gasteiger partial charge in [0, 0.05) is 20.1 Å². The molecule has 1 aromatic carbocycles. The van der Waals surface area contributed by atoms with Crippen molar-refractivity contribution in [2.75, 3.05) is 34.4 Å². The Morgan fingerprint density at radius 3 is 1.95 bits per heavy atom. The number of amides is 2. The molecule has 2 rings (SSSR count). The first-order valence-electron chi connectivity index (χ1n) is 6.52. The van der Waals surface area contributed by atoms with Crippen LogP contribution in [0.2, 0.25) is 0 Å². The number of carbonyl (C=O) groups excluding carboxylic acids is 1. The summed E-state index contributed by atoms with van der Waals surface area (Å²) in [6, 6.07) is 3.55. The van der Waals surface area contributed by atoms with Crippen molar-refractivity contribution in [3.8, 4) is 11.5 Å². The number of rotatable bonds is 2. The molecule has 0 aromatic heterocycles. The number of urea groups is 1. The molecule has 0 saturated carbocycles. The average Bonchev–Trinajstić information content (AvgIpc) is 2.66. The molecule has 1 aliphatic heterocycles. The number of hydroxylamine groups is 2. The van der Waals surface area contributed by atoms with Gasteiger partial charge in [0.05, 0.1) is 14.2 Å². The van der Waals surface area contributed by atoms with Crippen molar-refractivity contribution in [2.45, 2.75) is 12.8 Å². The zero-order valence-corrected chi connectivity index (χ0v) is 12.0. The lowest BCUT2D eigenvalue weighted by atomic mass is 10.0. The SMILES string of the molecule is COc1cc2c(cc1OC)CCN(C(=O)N(C)O)CC2. The highest BCUT2D eigenvalue weighted by atomic mass is 16.5. The Kier molecular flexibility index (Phi) is 4.34. The van der Waals surface area contributed by atoms with Gasteiger partial charge in [0.2, 0.25) is 0 Å². The molecule has 0 bridgehead atoms. The zero-order chi connectivity index (χ0) is 14.7. The minimum Gasteiger partial charge on any atom is -0.493 e. The van der Waals surface area contributed by atoms with Crippen molar-refractivity contribution in [3.63, 3.8) is 0 Å². The van der Waals surface area contributed by atoms with Crippen LogP contribution in [0.3, 0.4) is 0 Å². The van der Waals surface area contributed by atoms with Crippen LogP contribution in [-0.2, 0) is 12.8 Å². The monoisotopic (exact) mass is 280 g/mol. The highest BCUT2D eigenvalue weighted by Crippen LogP contribution is 2.32. The van der Waals surface area contributed by atoms with Gasteiger partial charge in [-0.3, -0.25) is 5.21 Å². The smallest absolute Gasteiger partial charge is 0.343 e. The molecule has 6 heteroatoms. The maximum absolute atomic E-state index is 11.8. The minimum atomic E-state index is -0.378. The molecule has 1 heterocycles. The molecule has 0 radical (unpaired) electrons. The van der Waals surface area contributed by atoms with E-state index in [0.717, 1.165) is 24.0 Å². The molecule has 1 N–H and O–H groups in total. The highest BCUT2D eigenvalue weighted by molar-refractivity contribution is 5.73. The Labute approximate surface area is 118 Å². The summed E-state index contributed by atoms with van der Waals surface area (Å²) in [4.78, 5) is 13.4. The fraction of sp³-hybridized carbons (Fsp3) is 0.500. The second kappa shape index (κ2) is 6.00. The van der Waals surface area contributed by atoms with Gasteiger partial charge in [0.15, 0.2) is 11.5 Å². The van der Waals surface area contributed by atoms with Gasteiger partial charge in [0.1, 0.15) is 0 Å². The van der Waals surface area contributed by atoms with E-state index in [1.54, 1.807) is 19.1 Å². The summed E-state index contributed by atoms with van der Waals surface area (Å²) in [5.74, 6) is 1.40. The Morgan fingerprint density at radius 1 is 1.15 bits per heavy atom. The molecular weight excluding hydrogens is 260 g/mol. The van der Waals surface area contributed by atoms with Gasteiger partial charge in [-0.1, -0.05) is 0 Å². The van der Waals surface area contributed by atoms with E-state index in [9.17, 15) is 10.0 Å². The summed E-state index contributed by atoms with van der Waals surface area (Å²) in [6.45, 7) is 1.15. The van der Waals surface area contributed by atoms with Crippen LogP contribution in [0.5, 0.6) is 11.5 Å². The van der Waals surface area contributed by atoms with Crippen LogP contribution in [0.1, 0.15) is 11.1 Å². The quantitative estimate of drug-likeness (QED) is 0.659. The van der Waals surface area contributed by atoms with Gasteiger partial charge in [-0.05, 0) is 36.1 Å². The van der Waals surface area contributed by atoms with Gasteiger partial charge in [-0.25, -0.2) is 9.86 Å². The highest BCUT2D eigenvalue weighted by Gasteiger charge is 2.22. The van der Waals surface area contributed by atoms with Crippen molar-refractivity contribution in [1.29, 1.82) is 0 Å². The van der Waals surface area contributed by atoms with Crippen molar-refractivity contribution < 1.29 is 19.5 Å². The Bertz CT molecular complexity index is 467. The lowest BCUT2D eigenvalue weighted by Crippen LogP contribution is -2.40.